The van der Waals surface area contributed by atoms with Gasteiger partial charge in [0, 0.05) is 77.4 Å². The number of para-hydroxylation sites is 2. The Bertz CT molecular complexity index is 2080. The number of benzene rings is 2. The van der Waals surface area contributed by atoms with Gasteiger partial charge in [-0.25, -0.2) is 9.97 Å². The summed E-state index contributed by atoms with van der Waals surface area (Å²) < 4.78 is 4.73. The molecule has 0 amide bonds. The molecule has 7 heterocycles. The molecule has 0 fully saturated rings. The van der Waals surface area contributed by atoms with Crippen molar-refractivity contribution in [3.8, 4) is 11.1 Å². The van der Waals surface area contributed by atoms with Gasteiger partial charge < -0.3 is 9.13 Å². The maximum absolute atomic E-state index is 4.94. The van der Waals surface area contributed by atoms with Crippen LogP contribution in [0.5, 0.6) is 0 Å². The lowest BCUT2D eigenvalue weighted by atomic mass is 9.89. The standard InChI is InChI=1S/C32H20N8/c1-3-21-22-4-2-6-24-27-31(38-18-16-36-27)40(29(22)24)32(39-28(21)23(5-1)26-30(39)37-17-15-35-26)25(19-7-11-33-12-8-19)20-9-13-34-14-10-20/h1-18,25,32H. The number of fused-ring (bicyclic) bond motifs is 7. The first-order valence-corrected chi connectivity index (χ1v) is 13.2. The molecule has 0 radical (unpaired) electrons. The number of hydrogen-bond acceptors (Lipinski definition) is 6. The Hall–Kier alpha value is -5.50. The third-order valence-corrected chi connectivity index (χ3v) is 8.13. The Kier molecular flexibility index (Phi) is 4.29. The van der Waals surface area contributed by atoms with Crippen LogP contribution in [0.4, 0.5) is 0 Å². The molecule has 8 nitrogen and oxygen atoms in total. The van der Waals surface area contributed by atoms with E-state index in [1.54, 1.807) is 24.8 Å². The molecule has 188 valence electrons. The van der Waals surface area contributed by atoms with Crippen molar-refractivity contribution in [3.05, 3.63) is 121 Å². The Balaban J connectivity index is 1.56. The molecule has 1 aliphatic heterocycles. The van der Waals surface area contributed by atoms with E-state index >= 15 is 0 Å². The predicted molar refractivity (Wildman–Crippen MR) is 154 cm³/mol. The molecule has 0 bridgehead atoms. The van der Waals surface area contributed by atoms with Gasteiger partial charge in [-0.2, -0.15) is 0 Å². The number of nitrogens with zero attached hydrogens (tertiary/aromatic N) is 8. The van der Waals surface area contributed by atoms with E-state index in [0.717, 1.165) is 66.4 Å². The van der Waals surface area contributed by atoms with Gasteiger partial charge in [-0.15, -0.1) is 0 Å². The monoisotopic (exact) mass is 516 g/mol. The normalized spacial score (nSPS) is 13.1. The molecule has 8 aromatic rings. The second-order valence-corrected chi connectivity index (χ2v) is 10.1. The second-order valence-electron chi connectivity index (χ2n) is 10.1. The van der Waals surface area contributed by atoms with Crippen molar-refractivity contribution in [3.63, 3.8) is 0 Å². The van der Waals surface area contributed by atoms with Crippen LogP contribution in [0.2, 0.25) is 0 Å². The minimum atomic E-state index is -0.289. The summed E-state index contributed by atoms with van der Waals surface area (Å²) in [5, 5.41) is 2.15. The van der Waals surface area contributed by atoms with Gasteiger partial charge in [0.1, 0.15) is 17.2 Å². The highest BCUT2D eigenvalue weighted by Crippen LogP contribution is 2.50. The largest absolute Gasteiger partial charge is 0.301 e. The second kappa shape index (κ2) is 8.00. The van der Waals surface area contributed by atoms with Gasteiger partial charge in [0.05, 0.1) is 11.0 Å². The van der Waals surface area contributed by atoms with E-state index in [1.165, 1.54) is 0 Å². The van der Waals surface area contributed by atoms with Crippen LogP contribution in [0.25, 0.3) is 55.3 Å². The molecule has 0 saturated heterocycles. The van der Waals surface area contributed by atoms with Crippen LogP contribution in [0.3, 0.4) is 0 Å². The lowest BCUT2D eigenvalue weighted by Crippen LogP contribution is -2.26. The van der Waals surface area contributed by atoms with Crippen molar-refractivity contribution in [2.75, 3.05) is 0 Å². The zero-order chi connectivity index (χ0) is 26.2. The van der Waals surface area contributed by atoms with E-state index in [2.05, 4.69) is 79.8 Å². The number of pyridine rings is 2. The van der Waals surface area contributed by atoms with Crippen LogP contribution in [-0.4, -0.2) is 39.0 Å². The fourth-order valence-corrected chi connectivity index (χ4v) is 6.64. The third-order valence-electron chi connectivity index (χ3n) is 8.13. The first-order chi connectivity index (χ1) is 19.9. The summed E-state index contributed by atoms with van der Waals surface area (Å²) in [7, 11) is 0. The van der Waals surface area contributed by atoms with Crippen LogP contribution in [0.15, 0.2) is 110 Å². The molecule has 0 spiro atoms. The van der Waals surface area contributed by atoms with Crippen molar-refractivity contribution >= 4 is 44.1 Å². The summed E-state index contributed by atoms with van der Waals surface area (Å²) in [6, 6.07) is 21.3. The van der Waals surface area contributed by atoms with E-state index in [0.29, 0.717) is 0 Å². The number of hydrogen-bond donors (Lipinski definition) is 0. The quantitative estimate of drug-likeness (QED) is 0.281. The minimum Gasteiger partial charge on any atom is -0.301 e. The van der Waals surface area contributed by atoms with Gasteiger partial charge in [-0.3, -0.25) is 19.9 Å². The fraction of sp³-hybridized carbons (Fsp3) is 0.0625. The molecule has 8 heteroatoms. The lowest BCUT2D eigenvalue weighted by Gasteiger charge is -2.32. The predicted octanol–water partition coefficient (Wildman–Crippen LogP) is 6.13. The minimum absolute atomic E-state index is 0.133. The zero-order valence-corrected chi connectivity index (χ0v) is 21.1. The van der Waals surface area contributed by atoms with Gasteiger partial charge >= 0.3 is 0 Å². The van der Waals surface area contributed by atoms with Crippen molar-refractivity contribution in [2.24, 2.45) is 0 Å². The van der Waals surface area contributed by atoms with Crippen LogP contribution in [0.1, 0.15) is 23.2 Å². The highest BCUT2D eigenvalue weighted by Gasteiger charge is 2.37. The maximum atomic E-state index is 4.94. The van der Waals surface area contributed by atoms with Crippen molar-refractivity contribution in [1.29, 1.82) is 0 Å². The Morgan fingerprint density at radius 3 is 1.43 bits per heavy atom. The Morgan fingerprint density at radius 1 is 0.500 bits per heavy atom. The molecule has 0 saturated carbocycles. The van der Waals surface area contributed by atoms with E-state index in [4.69, 9.17) is 19.9 Å². The topological polar surface area (TPSA) is 87.2 Å². The molecule has 9 rings (SSSR count). The number of rotatable bonds is 3. The molecular formula is C32H20N8. The van der Waals surface area contributed by atoms with Crippen LogP contribution < -0.4 is 0 Å². The van der Waals surface area contributed by atoms with Crippen molar-refractivity contribution in [2.45, 2.75) is 12.1 Å². The van der Waals surface area contributed by atoms with E-state index < -0.39 is 0 Å². The zero-order valence-electron chi connectivity index (χ0n) is 21.1. The SMILES string of the molecule is c1cc2c3c(c1)c1nccnc1n3C(C(c1ccncc1)c1ccncc1)n1c3nccnc3c3cccc-2c31. The summed E-state index contributed by atoms with van der Waals surface area (Å²) in [5.74, 6) is -0.133. The molecule has 0 N–H and O–H groups in total. The molecule has 0 atom stereocenters. The molecule has 2 aromatic carbocycles. The lowest BCUT2D eigenvalue weighted by molar-refractivity contribution is 0.425. The Labute approximate surface area is 227 Å². The molecule has 1 aliphatic rings. The van der Waals surface area contributed by atoms with Gasteiger partial charge in [-0.05, 0) is 35.4 Å². The number of aromatic nitrogens is 8. The summed E-state index contributed by atoms with van der Waals surface area (Å²) in [6.45, 7) is 0. The first kappa shape index (κ1) is 21.4. The van der Waals surface area contributed by atoms with Gasteiger partial charge in [0.15, 0.2) is 11.3 Å². The van der Waals surface area contributed by atoms with Crippen LogP contribution in [0, 0.1) is 0 Å². The van der Waals surface area contributed by atoms with Crippen molar-refractivity contribution in [1.82, 2.24) is 39.0 Å². The van der Waals surface area contributed by atoms with E-state index in [1.807, 2.05) is 24.8 Å². The highest BCUT2D eigenvalue weighted by molar-refractivity contribution is 6.16. The highest BCUT2D eigenvalue weighted by atomic mass is 15.3. The Morgan fingerprint density at radius 2 is 0.950 bits per heavy atom. The molecule has 0 aliphatic carbocycles. The van der Waals surface area contributed by atoms with Gasteiger partial charge in [0.25, 0.3) is 0 Å². The van der Waals surface area contributed by atoms with Gasteiger partial charge in [0.2, 0.25) is 0 Å². The summed E-state index contributed by atoms with van der Waals surface area (Å²) >= 11 is 0. The van der Waals surface area contributed by atoms with Crippen LogP contribution in [-0.2, 0) is 0 Å². The van der Waals surface area contributed by atoms with E-state index in [9.17, 15) is 0 Å². The smallest absolute Gasteiger partial charge is 0.161 e. The fourth-order valence-electron chi connectivity index (χ4n) is 6.64. The molecule has 0 unspecified atom stereocenters. The molecular weight excluding hydrogens is 496 g/mol. The van der Waals surface area contributed by atoms with Gasteiger partial charge in [-0.1, -0.05) is 36.4 Å². The van der Waals surface area contributed by atoms with Crippen molar-refractivity contribution < 1.29 is 0 Å². The summed E-state index contributed by atoms with van der Waals surface area (Å²) in [4.78, 5) is 28.2. The van der Waals surface area contributed by atoms with E-state index in [-0.39, 0.29) is 12.1 Å². The molecule has 40 heavy (non-hydrogen) atoms. The summed E-state index contributed by atoms with van der Waals surface area (Å²) in [5.41, 5.74) is 10.2. The average Bonchev–Trinajstić information content (AvgIpc) is 3.50. The van der Waals surface area contributed by atoms with Crippen LogP contribution >= 0.6 is 0 Å². The first-order valence-electron chi connectivity index (χ1n) is 13.2. The average molecular weight is 517 g/mol. The maximum Gasteiger partial charge on any atom is 0.161 e. The summed E-state index contributed by atoms with van der Waals surface area (Å²) in [6.07, 6.45) is 14.2. The third kappa shape index (κ3) is 2.74. The molecule has 6 aromatic heterocycles.